The van der Waals surface area contributed by atoms with Gasteiger partial charge >= 0.3 is 0 Å². The molecule has 1 saturated carbocycles. The Morgan fingerprint density at radius 2 is 1.58 bits per heavy atom. The van der Waals surface area contributed by atoms with Crippen LogP contribution in [0.1, 0.15) is 86.8 Å². The van der Waals surface area contributed by atoms with Crippen LogP contribution < -0.4 is 4.74 Å². The summed E-state index contributed by atoms with van der Waals surface area (Å²) in [7, 11) is 0. The Kier molecular flexibility index (Phi) is 8.55. The molecule has 2 unspecified atom stereocenters. The van der Waals surface area contributed by atoms with Gasteiger partial charge in [0, 0.05) is 5.56 Å². The average molecular weight is 503 g/mol. The minimum absolute atomic E-state index is 0.0464. The van der Waals surface area contributed by atoms with Crippen LogP contribution in [0.5, 0.6) is 5.75 Å². The van der Waals surface area contributed by atoms with E-state index in [1.807, 2.05) is 6.08 Å². The Balaban J connectivity index is 1.46. The molecule has 4 rings (SSSR count). The second-order valence-corrected chi connectivity index (χ2v) is 10.1. The van der Waals surface area contributed by atoms with E-state index in [4.69, 9.17) is 4.74 Å². The first-order chi connectivity index (χ1) is 17.3. The number of aliphatic hydroxyl groups excluding tert-OH is 1. The summed E-state index contributed by atoms with van der Waals surface area (Å²) in [5, 5.41) is 9.80. The van der Waals surface area contributed by atoms with E-state index in [1.54, 1.807) is 31.2 Å². The number of halogens is 4. The zero-order valence-corrected chi connectivity index (χ0v) is 20.7. The van der Waals surface area contributed by atoms with Gasteiger partial charge in [0.2, 0.25) is 5.82 Å². The molecule has 0 aliphatic heterocycles. The van der Waals surface area contributed by atoms with E-state index in [-0.39, 0.29) is 47.3 Å². The summed E-state index contributed by atoms with van der Waals surface area (Å²) in [6.07, 6.45) is 8.03. The first-order valence-corrected chi connectivity index (χ1v) is 12.9. The third-order valence-electron chi connectivity index (χ3n) is 7.86. The summed E-state index contributed by atoms with van der Waals surface area (Å²) >= 11 is 0. The Morgan fingerprint density at radius 3 is 2.22 bits per heavy atom. The van der Waals surface area contributed by atoms with E-state index >= 15 is 8.78 Å². The molecule has 2 aromatic rings. The Labute approximate surface area is 210 Å². The van der Waals surface area contributed by atoms with E-state index in [0.29, 0.717) is 36.8 Å². The van der Waals surface area contributed by atoms with Crippen LogP contribution in [0.4, 0.5) is 17.6 Å². The zero-order chi connectivity index (χ0) is 25.8. The molecular formula is C30H34F4O2. The molecule has 0 heterocycles. The predicted octanol–water partition coefficient (Wildman–Crippen LogP) is 8.20. The topological polar surface area (TPSA) is 29.5 Å². The van der Waals surface area contributed by atoms with Crippen molar-refractivity contribution in [3.63, 3.8) is 0 Å². The summed E-state index contributed by atoms with van der Waals surface area (Å²) in [5.74, 6) is -3.76. The Hall–Kier alpha value is -2.60. The van der Waals surface area contributed by atoms with Crippen molar-refractivity contribution in [1.29, 1.82) is 0 Å². The second kappa shape index (κ2) is 11.6. The summed E-state index contributed by atoms with van der Waals surface area (Å²) in [6.45, 7) is 5.57. The van der Waals surface area contributed by atoms with Crippen molar-refractivity contribution in [1.82, 2.24) is 0 Å². The monoisotopic (exact) mass is 502 g/mol. The molecule has 36 heavy (non-hydrogen) atoms. The lowest BCUT2D eigenvalue weighted by molar-refractivity contribution is 0.0963. The molecule has 0 bridgehead atoms. The molecule has 0 amide bonds. The molecule has 0 saturated heterocycles. The number of allylic oxidation sites excluding steroid dienone is 2. The van der Waals surface area contributed by atoms with Crippen molar-refractivity contribution in [2.45, 2.75) is 76.2 Å². The van der Waals surface area contributed by atoms with E-state index in [2.05, 4.69) is 6.58 Å². The molecule has 0 spiro atoms. The van der Waals surface area contributed by atoms with Gasteiger partial charge in [-0.1, -0.05) is 30.4 Å². The summed E-state index contributed by atoms with van der Waals surface area (Å²) in [4.78, 5) is 0. The average Bonchev–Trinajstić information content (AvgIpc) is 2.89. The van der Waals surface area contributed by atoms with Crippen molar-refractivity contribution in [3.05, 3.63) is 83.0 Å². The third kappa shape index (κ3) is 5.54. The van der Waals surface area contributed by atoms with Crippen LogP contribution >= 0.6 is 0 Å². The van der Waals surface area contributed by atoms with E-state index < -0.39 is 23.3 Å². The summed E-state index contributed by atoms with van der Waals surface area (Å²) in [5.41, 5.74) is 1.61. The van der Waals surface area contributed by atoms with Gasteiger partial charge < -0.3 is 9.84 Å². The van der Waals surface area contributed by atoms with Crippen molar-refractivity contribution in [3.8, 4) is 5.75 Å². The predicted molar refractivity (Wildman–Crippen MR) is 134 cm³/mol. The first kappa shape index (κ1) is 26.5. The van der Waals surface area contributed by atoms with E-state index in [9.17, 15) is 13.9 Å². The Bertz CT molecular complexity index is 1120. The number of hydrogen-bond acceptors (Lipinski definition) is 2. The molecule has 6 heteroatoms. The lowest BCUT2D eigenvalue weighted by atomic mass is 9.76. The first-order valence-electron chi connectivity index (χ1n) is 12.9. The number of rotatable bonds is 8. The lowest BCUT2D eigenvalue weighted by Gasteiger charge is -2.31. The number of benzene rings is 2. The maximum absolute atomic E-state index is 15.1. The maximum Gasteiger partial charge on any atom is 0.200 e. The van der Waals surface area contributed by atoms with Crippen LogP contribution in [-0.2, 0) is 0 Å². The molecule has 1 fully saturated rings. The van der Waals surface area contributed by atoms with Gasteiger partial charge in [0.05, 0.1) is 12.7 Å². The highest BCUT2D eigenvalue weighted by atomic mass is 19.2. The molecule has 1 N–H and O–H groups in total. The number of aliphatic hydroxyl groups is 1. The SMILES string of the molecule is C=CCCOc1ccc(C2CC=C(c3ccc(C4CCC(C(C)O)CC4)c(F)c3F)CC2)c(F)c1F. The van der Waals surface area contributed by atoms with Crippen molar-refractivity contribution in [2.24, 2.45) is 5.92 Å². The van der Waals surface area contributed by atoms with Crippen molar-refractivity contribution >= 4 is 5.57 Å². The molecule has 2 atom stereocenters. The molecule has 2 aromatic carbocycles. The van der Waals surface area contributed by atoms with Crippen LogP contribution in [-0.4, -0.2) is 17.8 Å². The normalized spacial score (nSPS) is 23.2. The van der Waals surface area contributed by atoms with Gasteiger partial charge in [-0.25, -0.2) is 13.2 Å². The number of hydrogen-bond donors (Lipinski definition) is 1. The highest BCUT2D eigenvalue weighted by molar-refractivity contribution is 5.67. The van der Waals surface area contributed by atoms with Crippen molar-refractivity contribution < 1.29 is 27.4 Å². The van der Waals surface area contributed by atoms with Gasteiger partial charge in [-0.05, 0) is 98.8 Å². The fraction of sp³-hybridized carbons (Fsp3) is 0.467. The highest BCUT2D eigenvalue weighted by Crippen LogP contribution is 2.42. The maximum atomic E-state index is 15.1. The van der Waals surface area contributed by atoms with Gasteiger partial charge in [-0.15, -0.1) is 6.58 Å². The van der Waals surface area contributed by atoms with Crippen LogP contribution in [0.3, 0.4) is 0 Å². The standard InChI is InChI=1S/C30H34F4O2/c1-3-4-17-36-26-16-15-25(29(33)30(26)34)22-11-9-21(10-12-22)24-14-13-23(27(31)28(24)32)20-7-5-19(6-8-20)18(2)35/h3,9,13-16,18-20,22,35H,1,4-8,10-12,17H2,2H3. The van der Waals surface area contributed by atoms with Crippen LogP contribution in [0.15, 0.2) is 43.0 Å². The summed E-state index contributed by atoms with van der Waals surface area (Å²) in [6, 6.07) is 6.33. The zero-order valence-electron chi connectivity index (χ0n) is 20.7. The van der Waals surface area contributed by atoms with E-state index in [1.165, 1.54) is 6.07 Å². The Morgan fingerprint density at radius 1 is 0.917 bits per heavy atom. The molecule has 194 valence electrons. The molecule has 2 aliphatic rings. The van der Waals surface area contributed by atoms with Gasteiger partial charge in [0.25, 0.3) is 0 Å². The minimum atomic E-state index is -1.00. The van der Waals surface area contributed by atoms with Crippen LogP contribution in [0.25, 0.3) is 5.57 Å². The third-order valence-corrected chi connectivity index (χ3v) is 7.86. The molecule has 0 aromatic heterocycles. The lowest BCUT2D eigenvalue weighted by Crippen LogP contribution is -2.23. The molecule has 2 nitrogen and oxygen atoms in total. The molecular weight excluding hydrogens is 468 g/mol. The van der Waals surface area contributed by atoms with Gasteiger partial charge in [0.15, 0.2) is 23.2 Å². The smallest absolute Gasteiger partial charge is 0.200 e. The summed E-state index contributed by atoms with van der Waals surface area (Å²) < 4.78 is 64.8. The quantitative estimate of drug-likeness (QED) is 0.224. The fourth-order valence-electron chi connectivity index (χ4n) is 5.63. The van der Waals surface area contributed by atoms with Crippen molar-refractivity contribution in [2.75, 3.05) is 6.61 Å². The molecule has 2 aliphatic carbocycles. The van der Waals surface area contributed by atoms with Crippen LogP contribution in [0, 0.1) is 29.2 Å². The molecule has 0 radical (unpaired) electrons. The fourth-order valence-corrected chi connectivity index (χ4v) is 5.63. The van der Waals surface area contributed by atoms with Gasteiger partial charge in [-0.2, -0.15) is 4.39 Å². The van der Waals surface area contributed by atoms with E-state index in [0.717, 1.165) is 25.7 Å². The number of ether oxygens (including phenoxy) is 1. The highest BCUT2D eigenvalue weighted by Gasteiger charge is 2.29. The second-order valence-electron chi connectivity index (χ2n) is 10.1. The minimum Gasteiger partial charge on any atom is -0.490 e. The van der Waals surface area contributed by atoms with Gasteiger partial charge in [0.1, 0.15) is 0 Å². The largest absolute Gasteiger partial charge is 0.490 e. The van der Waals surface area contributed by atoms with Crippen LogP contribution in [0.2, 0.25) is 0 Å². The van der Waals surface area contributed by atoms with Gasteiger partial charge in [-0.3, -0.25) is 0 Å².